The summed E-state index contributed by atoms with van der Waals surface area (Å²) in [6, 6.07) is 5.82. The zero-order valence-corrected chi connectivity index (χ0v) is 27.8. The van der Waals surface area contributed by atoms with Gasteiger partial charge in [0, 0.05) is 60.7 Å². The minimum atomic E-state index is -4.92. The van der Waals surface area contributed by atoms with Crippen LogP contribution in [0.1, 0.15) is 24.0 Å². The number of piperazine rings is 1. The molecule has 252 valence electrons. The summed E-state index contributed by atoms with van der Waals surface area (Å²) in [5, 5.41) is 13.0. The number of aromatic nitrogens is 3. The standard InChI is InChI=1S/C30H42F3N7O5Si/c1-43-24-15-23(20-44-12-7-27(41)38-10-8-37(9-11-38)26-6-5-22(16-34)17-35-26)39(19-24)25-18-36-40(21-45-13-14-46(2,3)4)29(42)28(25)30(31,32)33/h5-6,17-18,23-24H,7-15,19-21H2,1-4H3/t23-,24-/m0/s1. The summed E-state index contributed by atoms with van der Waals surface area (Å²) in [4.78, 5) is 35.4. The third kappa shape index (κ3) is 9.27. The molecule has 1 amide bonds. The highest BCUT2D eigenvalue weighted by Gasteiger charge is 2.43. The molecule has 2 fully saturated rings. The Kier molecular flexibility index (Phi) is 11.8. The predicted molar refractivity (Wildman–Crippen MR) is 167 cm³/mol. The first-order valence-corrected chi connectivity index (χ1v) is 19.0. The van der Waals surface area contributed by atoms with Gasteiger partial charge < -0.3 is 28.9 Å². The quantitative estimate of drug-likeness (QED) is 0.233. The normalized spacial score (nSPS) is 19.0. The monoisotopic (exact) mass is 665 g/mol. The molecule has 2 aromatic rings. The van der Waals surface area contributed by atoms with Crippen molar-refractivity contribution in [1.82, 2.24) is 19.7 Å². The number of halogens is 3. The maximum atomic E-state index is 14.3. The van der Waals surface area contributed by atoms with Crippen molar-refractivity contribution < 1.29 is 32.2 Å². The van der Waals surface area contributed by atoms with Crippen molar-refractivity contribution in [3.8, 4) is 6.07 Å². The smallest absolute Gasteiger partial charge is 0.380 e. The van der Waals surface area contributed by atoms with Crippen LogP contribution in [0, 0.1) is 11.3 Å². The van der Waals surface area contributed by atoms with Crippen LogP contribution in [-0.2, 0) is 31.9 Å². The molecule has 2 aliphatic heterocycles. The van der Waals surface area contributed by atoms with Crippen LogP contribution in [0.3, 0.4) is 0 Å². The van der Waals surface area contributed by atoms with Gasteiger partial charge in [-0.25, -0.2) is 9.67 Å². The van der Waals surface area contributed by atoms with E-state index in [4.69, 9.17) is 19.5 Å². The van der Waals surface area contributed by atoms with Gasteiger partial charge in [0.05, 0.1) is 49.2 Å². The molecule has 4 rings (SSSR count). The summed E-state index contributed by atoms with van der Waals surface area (Å²) in [5.74, 6) is 0.668. The van der Waals surface area contributed by atoms with Gasteiger partial charge in [0.25, 0.3) is 5.56 Å². The molecule has 2 atom stereocenters. The van der Waals surface area contributed by atoms with Crippen LogP contribution in [0.5, 0.6) is 0 Å². The lowest BCUT2D eigenvalue weighted by Gasteiger charge is -2.35. The van der Waals surface area contributed by atoms with Crippen molar-refractivity contribution in [3.63, 3.8) is 0 Å². The van der Waals surface area contributed by atoms with Gasteiger partial charge in [0.15, 0.2) is 0 Å². The van der Waals surface area contributed by atoms with Crippen molar-refractivity contribution in [3.05, 3.63) is 46.0 Å². The minimum absolute atomic E-state index is 0.0471. The Morgan fingerprint density at radius 2 is 1.85 bits per heavy atom. The largest absolute Gasteiger partial charge is 0.423 e. The first-order valence-electron chi connectivity index (χ1n) is 15.3. The number of anilines is 2. The molecule has 0 bridgehead atoms. The maximum absolute atomic E-state index is 14.3. The summed E-state index contributed by atoms with van der Waals surface area (Å²) in [7, 11) is 0.0702. The highest BCUT2D eigenvalue weighted by atomic mass is 28.3. The Hall–Kier alpha value is -3.52. The minimum Gasteiger partial charge on any atom is -0.380 e. The zero-order chi connectivity index (χ0) is 33.5. The van der Waals surface area contributed by atoms with Crippen LogP contribution in [0.15, 0.2) is 29.3 Å². The maximum Gasteiger partial charge on any atom is 0.423 e. The van der Waals surface area contributed by atoms with Gasteiger partial charge >= 0.3 is 6.18 Å². The fourth-order valence-electron chi connectivity index (χ4n) is 5.44. The van der Waals surface area contributed by atoms with E-state index >= 15 is 0 Å². The van der Waals surface area contributed by atoms with E-state index in [0.717, 1.165) is 18.1 Å². The van der Waals surface area contributed by atoms with E-state index in [2.05, 4.69) is 29.7 Å². The number of carbonyl (C=O) groups is 1. The fourth-order valence-corrected chi connectivity index (χ4v) is 6.20. The van der Waals surface area contributed by atoms with Crippen molar-refractivity contribution >= 4 is 25.5 Å². The lowest BCUT2D eigenvalue weighted by Crippen LogP contribution is -2.49. The molecule has 0 N–H and O–H groups in total. The number of carbonyl (C=O) groups excluding carboxylic acids is 1. The number of ether oxygens (including phenoxy) is 3. The average molecular weight is 666 g/mol. The Labute approximate surface area is 267 Å². The lowest BCUT2D eigenvalue weighted by atomic mass is 10.1. The fraction of sp³-hybridized carbons (Fsp3) is 0.633. The Morgan fingerprint density at radius 3 is 2.46 bits per heavy atom. The van der Waals surface area contributed by atoms with Crippen molar-refractivity contribution in [2.45, 2.75) is 63.6 Å². The van der Waals surface area contributed by atoms with E-state index in [1.54, 1.807) is 17.0 Å². The Bertz CT molecular complexity index is 1420. The number of hydrogen-bond donors (Lipinski definition) is 0. The molecule has 16 heteroatoms. The van der Waals surface area contributed by atoms with Crippen LogP contribution in [-0.4, -0.2) is 105 Å². The van der Waals surface area contributed by atoms with Crippen LogP contribution >= 0.6 is 0 Å². The number of hydrogen-bond acceptors (Lipinski definition) is 10. The molecule has 2 aliphatic rings. The van der Waals surface area contributed by atoms with E-state index in [0.29, 0.717) is 49.5 Å². The van der Waals surface area contributed by atoms with E-state index in [-0.39, 0.29) is 50.6 Å². The first-order chi connectivity index (χ1) is 21.8. The van der Waals surface area contributed by atoms with Gasteiger partial charge in [-0.15, -0.1) is 0 Å². The van der Waals surface area contributed by atoms with Gasteiger partial charge in [0.2, 0.25) is 5.91 Å². The molecule has 0 saturated carbocycles. The molecule has 0 aliphatic carbocycles. The van der Waals surface area contributed by atoms with Gasteiger partial charge in [-0.3, -0.25) is 9.59 Å². The highest BCUT2D eigenvalue weighted by Crippen LogP contribution is 2.37. The topological polar surface area (TPSA) is 126 Å². The summed E-state index contributed by atoms with van der Waals surface area (Å²) >= 11 is 0. The molecule has 0 radical (unpaired) electrons. The number of amides is 1. The molecule has 0 unspecified atom stereocenters. The third-order valence-corrected chi connectivity index (χ3v) is 9.84. The number of methoxy groups -OCH3 is 1. The SMILES string of the molecule is CO[C@H]1C[C@@H](COCCC(=O)N2CCN(c3ccc(C#N)cn3)CC2)N(c2cnn(COCC[Si](C)(C)C)c(=O)c2C(F)(F)F)C1. The average Bonchev–Trinajstić information content (AvgIpc) is 3.44. The molecular formula is C30H42F3N7O5Si. The number of nitriles is 1. The number of pyridine rings is 1. The van der Waals surface area contributed by atoms with Crippen LogP contribution < -0.4 is 15.4 Å². The number of nitrogens with zero attached hydrogens (tertiary/aromatic N) is 7. The van der Waals surface area contributed by atoms with Crippen LogP contribution in [0.25, 0.3) is 0 Å². The van der Waals surface area contributed by atoms with Gasteiger partial charge in [-0.05, 0) is 24.6 Å². The van der Waals surface area contributed by atoms with Crippen molar-refractivity contribution in [2.24, 2.45) is 0 Å². The van der Waals surface area contributed by atoms with Crippen LogP contribution in [0.4, 0.5) is 24.7 Å². The predicted octanol–water partition coefficient (Wildman–Crippen LogP) is 3.19. The zero-order valence-electron chi connectivity index (χ0n) is 26.8. The third-order valence-electron chi connectivity index (χ3n) is 8.14. The number of alkyl halides is 3. The summed E-state index contributed by atoms with van der Waals surface area (Å²) < 4.78 is 60.4. The Balaban J connectivity index is 1.33. The second-order valence-corrected chi connectivity index (χ2v) is 18.3. The number of rotatable bonds is 13. The molecule has 2 aromatic heterocycles. The summed E-state index contributed by atoms with van der Waals surface area (Å²) in [5.41, 5.74) is -2.41. The second-order valence-electron chi connectivity index (χ2n) is 12.7. The van der Waals surface area contributed by atoms with E-state index in [1.165, 1.54) is 18.2 Å². The first kappa shape index (κ1) is 35.3. The van der Waals surface area contributed by atoms with Gasteiger partial charge in [-0.2, -0.15) is 23.5 Å². The lowest BCUT2D eigenvalue weighted by molar-refractivity contribution is -0.139. The Morgan fingerprint density at radius 1 is 1.11 bits per heavy atom. The molecule has 0 aromatic carbocycles. The second kappa shape index (κ2) is 15.4. The van der Waals surface area contributed by atoms with Crippen molar-refractivity contribution in [1.29, 1.82) is 5.26 Å². The molecule has 12 nitrogen and oxygen atoms in total. The van der Waals surface area contributed by atoms with E-state index < -0.39 is 31.4 Å². The highest BCUT2D eigenvalue weighted by molar-refractivity contribution is 6.76. The van der Waals surface area contributed by atoms with Crippen molar-refractivity contribution in [2.75, 3.05) is 69.5 Å². The van der Waals surface area contributed by atoms with Crippen LogP contribution in [0.2, 0.25) is 25.7 Å². The summed E-state index contributed by atoms with van der Waals surface area (Å²) in [6.45, 7) is 8.91. The van der Waals surface area contributed by atoms with Gasteiger partial charge in [-0.1, -0.05) is 19.6 Å². The van der Waals surface area contributed by atoms with E-state index in [9.17, 15) is 22.8 Å². The molecule has 46 heavy (non-hydrogen) atoms. The molecule has 0 spiro atoms. The molecular weight excluding hydrogens is 623 g/mol. The van der Waals surface area contributed by atoms with Gasteiger partial charge in [0.1, 0.15) is 24.2 Å². The molecule has 2 saturated heterocycles. The van der Waals surface area contributed by atoms with E-state index in [1.807, 2.05) is 11.0 Å². The summed E-state index contributed by atoms with van der Waals surface area (Å²) in [6.07, 6.45) is -2.20. The molecule has 4 heterocycles.